The molecule has 9 nitrogen and oxygen atoms in total. The number of halogens is 1. The average Bonchev–Trinajstić information content (AvgIpc) is 3.23. The van der Waals surface area contributed by atoms with Crippen LogP contribution < -0.4 is 16.0 Å². The van der Waals surface area contributed by atoms with Gasteiger partial charge in [0.1, 0.15) is 11.5 Å². The van der Waals surface area contributed by atoms with Crippen molar-refractivity contribution in [1.29, 1.82) is 0 Å². The first-order valence-corrected chi connectivity index (χ1v) is 11.3. The van der Waals surface area contributed by atoms with Crippen molar-refractivity contribution in [1.82, 2.24) is 20.9 Å². The highest BCUT2D eigenvalue weighted by molar-refractivity contribution is 5.99. The van der Waals surface area contributed by atoms with Gasteiger partial charge in [0.25, 0.3) is 5.91 Å². The number of fused-ring (bicyclic) bond motifs is 1. The maximum Gasteiger partial charge on any atom is 0.404 e. The van der Waals surface area contributed by atoms with Crippen LogP contribution in [0.15, 0.2) is 48.5 Å². The van der Waals surface area contributed by atoms with Gasteiger partial charge in [0.2, 0.25) is 0 Å². The summed E-state index contributed by atoms with van der Waals surface area (Å²) in [6.07, 6.45) is -1.62. The smallest absolute Gasteiger partial charge is 0.404 e. The summed E-state index contributed by atoms with van der Waals surface area (Å²) in [5.74, 6) is -0.688. The first-order valence-electron chi connectivity index (χ1n) is 11.3. The van der Waals surface area contributed by atoms with E-state index in [2.05, 4.69) is 20.9 Å². The topological polar surface area (TPSA) is 144 Å². The molecule has 3 aromatic rings. The number of carbonyl (C=O) groups excluding carboxylic acids is 1. The minimum absolute atomic E-state index is 0.0253. The van der Waals surface area contributed by atoms with Crippen LogP contribution in [0.3, 0.4) is 0 Å². The van der Waals surface area contributed by atoms with Gasteiger partial charge in [-0.1, -0.05) is 32.0 Å². The molecule has 6 N–H and O–H groups in total. The number of carboxylic acid groups (broad SMARTS) is 2. The predicted molar refractivity (Wildman–Crippen MR) is 130 cm³/mol. The second-order valence-electron chi connectivity index (χ2n) is 8.73. The number of hydrogen-bond donors (Lipinski definition) is 6. The fraction of sp³-hybridized carbons (Fsp3) is 0.320. The van der Waals surface area contributed by atoms with E-state index < -0.39 is 24.1 Å². The first kappa shape index (κ1) is 25.5. The van der Waals surface area contributed by atoms with Gasteiger partial charge in [-0.25, -0.2) is 14.0 Å². The molecule has 0 saturated heterocycles. The molecule has 1 aromatic heterocycles. The highest BCUT2D eigenvalue weighted by atomic mass is 19.1. The quantitative estimate of drug-likeness (QED) is 0.253. The Morgan fingerprint density at radius 3 is 2.20 bits per heavy atom. The molecule has 0 aliphatic rings. The molecule has 186 valence electrons. The third-order valence-electron chi connectivity index (χ3n) is 5.82. The molecule has 0 bridgehead atoms. The van der Waals surface area contributed by atoms with Crippen molar-refractivity contribution in [2.45, 2.75) is 38.8 Å². The zero-order valence-corrected chi connectivity index (χ0v) is 19.5. The van der Waals surface area contributed by atoms with Gasteiger partial charge in [-0.2, -0.15) is 0 Å². The van der Waals surface area contributed by atoms with E-state index in [4.69, 9.17) is 10.2 Å². The molecule has 1 heterocycles. The lowest BCUT2D eigenvalue weighted by molar-refractivity contribution is 0.0943. The monoisotopic (exact) mass is 484 g/mol. The second-order valence-corrected chi connectivity index (χ2v) is 8.73. The van der Waals surface area contributed by atoms with E-state index in [0.29, 0.717) is 18.5 Å². The van der Waals surface area contributed by atoms with Gasteiger partial charge in [0.15, 0.2) is 0 Å². The van der Waals surface area contributed by atoms with Crippen molar-refractivity contribution in [2.75, 3.05) is 6.54 Å². The molecule has 0 radical (unpaired) electrons. The molecule has 10 heteroatoms. The molecule has 0 fully saturated rings. The van der Waals surface area contributed by atoms with Gasteiger partial charge in [-0.3, -0.25) is 4.79 Å². The Labute approximate surface area is 201 Å². The number of benzene rings is 2. The molecule has 2 aromatic carbocycles. The van der Waals surface area contributed by atoms with Crippen molar-refractivity contribution < 1.29 is 29.0 Å². The van der Waals surface area contributed by atoms with E-state index in [0.717, 1.165) is 22.0 Å². The standard InChI is InChI=1S/C25H29FN4O5/c1-14(2)20(30-25(34)35)10-8-19(28-24(32)33)13-27-23(31)22-12-17-11-16(5-9-21(17)29-22)15-3-6-18(26)7-4-15/h3-7,9,11-12,14,19-20,28-30H,8,10,13H2,1-2H3,(H,27,31)(H,32,33)(H,34,35)/t19-,20?/m0/s1. The molecule has 0 aliphatic carbocycles. The number of amides is 3. The van der Waals surface area contributed by atoms with E-state index in [9.17, 15) is 18.8 Å². The summed E-state index contributed by atoms with van der Waals surface area (Å²) >= 11 is 0. The summed E-state index contributed by atoms with van der Waals surface area (Å²) in [6.45, 7) is 3.79. The third kappa shape index (κ3) is 7.20. The van der Waals surface area contributed by atoms with Gasteiger partial charge in [0.05, 0.1) is 0 Å². The fourth-order valence-corrected chi connectivity index (χ4v) is 3.90. The zero-order valence-electron chi connectivity index (χ0n) is 19.5. The maximum atomic E-state index is 13.2. The molecular formula is C25H29FN4O5. The summed E-state index contributed by atoms with van der Waals surface area (Å²) in [5.41, 5.74) is 2.79. The number of hydrogen-bond acceptors (Lipinski definition) is 3. The molecule has 1 unspecified atom stereocenters. The normalized spacial score (nSPS) is 12.8. The molecule has 2 atom stereocenters. The minimum Gasteiger partial charge on any atom is -0.465 e. The SMILES string of the molecule is CC(C)C(CC[C@@H](CNC(=O)c1cc2cc(-c3ccc(F)cc3)ccc2[nH]1)NC(=O)O)NC(=O)O. The number of H-pyrrole nitrogens is 1. The Morgan fingerprint density at radius 1 is 0.914 bits per heavy atom. The summed E-state index contributed by atoms with van der Waals surface area (Å²) in [6, 6.07) is 12.5. The van der Waals surface area contributed by atoms with Crippen LogP contribution in [0.1, 0.15) is 37.2 Å². The lowest BCUT2D eigenvalue weighted by atomic mass is 9.97. The highest BCUT2D eigenvalue weighted by Gasteiger charge is 2.20. The van der Waals surface area contributed by atoms with Gasteiger partial charge in [-0.05, 0) is 60.2 Å². The molecule has 3 rings (SSSR count). The van der Waals surface area contributed by atoms with Gasteiger partial charge in [-0.15, -0.1) is 0 Å². The summed E-state index contributed by atoms with van der Waals surface area (Å²) in [5, 5.41) is 26.5. The number of nitrogens with one attached hydrogen (secondary N) is 4. The van der Waals surface area contributed by atoms with E-state index in [1.54, 1.807) is 18.2 Å². The van der Waals surface area contributed by atoms with E-state index in [1.807, 2.05) is 32.0 Å². The Morgan fingerprint density at radius 2 is 1.57 bits per heavy atom. The highest BCUT2D eigenvalue weighted by Crippen LogP contribution is 2.25. The summed E-state index contributed by atoms with van der Waals surface area (Å²) in [4.78, 5) is 38.0. The van der Waals surface area contributed by atoms with Crippen LogP contribution in [-0.2, 0) is 0 Å². The van der Waals surface area contributed by atoms with E-state index in [1.165, 1.54) is 12.1 Å². The molecule has 3 amide bonds. The van der Waals surface area contributed by atoms with Crippen LogP contribution in [0.4, 0.5) is 14.0 Å². The lowest BCUT2D eigenvalue weighted by Gasteiger charge is -2.24. The largest absolute Gasteiger partial charge is 0.465 e. The van der Waals surface area contributed by atoms with Crippen LogP contribution in [-0.4, -0.2) is 51.9 Å². The molecule has 0 saturated carbocycles. The molecule has 0 spiro atoms. The van der Waals surface area contributed by atoms with Crippen molar-refractivity contribution in [3.63, 3.8) is 0 Å². The van der Waals surface area contributed by atoms with Crippen molar-refractivity contribution in [2.24, 2.45) is 5.92 Å². The van der Waals surface area contributed by atoms with Crippen molar-refractivity contribution in [3.8, 4) is 11.1 Å². The van der Waals surface area contributed by atoms with Crippen LogP contribution >= 0.6 is 0 Å². The Kier molecular flexibility index (Phi) is 8.30. The third-order valence-corrected chi connectivity index (χ3v) is 5.82. The molecular weight excluding hydrogens is 455 g/mol. The van der Waals surface area contributed by atoms with Crippen molar-refractivity contribution in [3.05, 3.63) is 60.0 Å². The maximum absolute atomic E-state index is 13.2. The van der Waals surface area contributed by atoms with Crippen LogP contribution in [0.25, 0.3) is 22.0 Å². The molecule has 0 aliphatic heterocycles. The number of rotatable bonds is 10. The fourth-order valence-electron chi connectivity index (χ4n) is 3.90. The number of aromatic nitrogens is 1. The van der Waals surface area contributed by atoms with Crippen molar-refractivity contribution >= 4 is 29.0 Å². The minimum atomic E-state index is -1.23. The zero-order chi connectivity index (χ0) is 25.5. The van der Waals surface area contributed by atoms with Gasteiger partial charge < -0.3 is 31.1 Å². The molecule has 35 heavy (non-hydrogen) atoms. The Bertz CT molecular complexity index is 1190. The Balaban J connectivity index is 1.66. The Hall–Kier alpha value is -4.08. The first-order chi connectivity index (χ1) is 16.6. The summed E-state index contributed by atoms with van der Waals surface area (Å²) < 4.78 is 13.2. The lowest BCUT2D eigenvalue weighted by Crippen LogP contribution is -2.45. The van der Waals surface area contributed by atoms with Crippen LogP contribution in [0, 0.1) is 11.7 Å². The van der Waals surface area contributed by atoms with Gasteiger partial charge >= 0.3 is 12.2 Å². The number of aromatic amines is 1. The number of carbonyl (C=O) groups is 3. The van der Waals surface area contributed by atoms with Crippen LogP contribution in [0.5, 0.6) is 0 Å². The second kappa shape index (κ2) is 11.4. The average molecular weight is 485 g/mol. The van der Waals surface area contributed by atoms with Crippen LogP contribution in [0.2, 0.25) is 0 Å². The predicted octanol–water partition coefficient (Wildman–Crippen LogP) is 4.41. The van der Waals surface area contributed by atoms with E-state index >= 15 is 0 Å². The van der Waals surface area contributed by atoms with Gasteiger partial charge in [0, 0.05) is 29.5 Å². The van der Waals surface area contributed by atoms with E-state index in [-0.39, 0.29) is 24.3 Å². The summed E-state index contributed by atoms with van der Waals surface area (Å²) in [7, 11) is 0.